The summed E-state index contributed by atoms with van der Waals surface area (Å²) in [7, 11) is 0. The molecule has 1 aliphatic carbocycles. The first-order chi connectivity index (χ1) is 14.0. The number of nitrogens with one attached hydrogen (secondary N) is 1. The zero-order valence-electron chi connectivity index (χ0n) is 16.6. The average molecular weight is 394 g/mol. The number of nitrogens with zero attached hydrogens (tertiary/aromatic N) is 3. The van der Waals surface area contributed by atoms with E-state index < -0.39 is 11.2 Å². The highest BCUT2D eigenvalue weighted by molar-refractivity contribution is 5.81. The molecule has 0 unspecified atom stereocenters. The summed E-state index contributed by atoms with van der Waals surface area (Å²) >= 11 is 0. The summed E-state index contributed by atoms with van der Waals surface area (Å²) in [4.78, 5) is 35.0. The summed E-state index contributed by atoms with van der Waals surface area (Å²) in [6.45, 7) is 4.71. The monoisotopic (exact) mass is 394 g/mol. The van der Waals surface area contributed by atoms with Gasteiger partial charge >= 0.3 is 5.69 Å². The Labute approximate surface area is 167 Å². The minimum atomic E-state index is -0.671. The quantitative estimate of drug-likeness (QED) is 0.668. The Hall–Kier alpha value is -3.09. The molecule has 29 heavy (non-hydrogen) atoms. The molecule has 1 aromatic carbocycles. The molecule has 7 heteroatoms. The van der Waals surface area contributed by atoms with Crippen LogP contribution in [0.5, 0.6) is 0 Å². The lowest BCUT2D eigenvalue weighted by atomic mass is 10.00. The zero-order chi connectivity index (χ0) is 20.5. The number of aromatic nitrogens is 4. The number of benzene rings is 1. The van der Waals surface area contributed by atoms with Crippen molar-refractivity contribution in [1.29, 1.82) is 0 Å². The van der Waals surface area contributed by atoms with Crippen molar-refractivity contribution in [2.75, 3.05) is 0 Å². The maximum Gasteiger partial charge on any atom is 0.349 e. The van der Waals surface area contributed by atoms with Gasteiger partial charge in [-0.15, -0.1) is 0 Å². The predicted molar refractivity (Wildman–Crippen MR) is 111 cm³/mol. The highest BCUT2D eigenvalue weighted by atomic mass is 19.1. The van der Waals surface area contributed by atoms with Crippen molar-refractivity contribution in [2.24, 2.45) is 0 Å². The first-order valence-corrected chi connectivity index (χ1v) is 9.94. The van der Waals surface area contributed by atoms with E-state index in [1.54, 1.807) is 0 Å². The van der Waals surface area contributed by atoms with Crippen LogP contribution in [0, 0.1) is 6.92 Å². The number of hydrogen-bond donors (Lipinski definition) is 1. The first-order valence-electron chi connectivity index (χ1n) is 9.94. The summed E-state index contributed by atoms with van der Waals surface area (Å²) in [6.07, 6.45) is 7.04. The molecular formula is C22H23FN4O2. The summed E-state index contributed by atoms with van der Waals surface area (Å²) in [6, 6.07) is 4.05. The number of aromatic amines is 1. The fourth-order valence-electron chi connectivity index (χ4n) is 3.92. The molecule has 2 heterocycles. The van der Waals surface area contributed by atoms with Crippen LogP contribution in [-0.2, 0) is 13.0 Å². The van der Waals surface area contributed by atoms with E-state index in [9.17, 15) is 14.0 Å². The Kier molecular flexibility index (Phi) is 5.13. The van der Waals surface area contributed by atoms with Crippen LogP contribution < -0.4 is 11.2 Å². The molecule has 0 spiro atoms. The zero-order valence-corrected chi connectivity index (χ0v) is 16.6. The van der Waals surface area contributed by atoms with Gasteiger partial charge in [0, 0.05) is 13.0 Å². The number of halogens is 1. The topological polar surface area (TPSA) is 80.6 Å². The number of rotatable bonds is 5. The highest BCUT2D eigenvalue weighted by Crippen LogP contribution is 2.26. The van der Waals surface area contributed by atoms with Crippen LogP contribution in [0.4, 0.5) is 4.39 Å². The molecule has 0 aromatic heterocycles. The van der Waals surface area contributed by atoms with Gasteiger partial charge in [0.2, 0.25) is 0 Å². The van der Waals surface area contributed by atoms with E-state index in [4.69, 9.17) is 0 Å². The molecule has 0 atom stereocenters. The molecule has 0 fully saturated rings. The lowest BCUT2D eigenvalue weighted by Crippen LogP contribution is -2.29. The third kappa shape index (κ3) is 3.77. The van der Waals surface area contributed by atoms with Crippen LogP contribution >= 0.6 is 0 Å². The molecule has 4 rings (SSSR count). The van der Waals surface area contributed by atoms with Crippen molar-refractivity contribution in [2.45, 2.75) is 52.5 Å². The van der Waals surface area contributed by atoms with Crippen LogP contribution in [0.1, 0.15) is 43.7 Å². The SMILES string of the molecule is CCc1cc2nc3c(=O)[nH]c(=O)nc-3n(CCCC3=CC=C(F)CC3)c2cc1C. The van der Waals surface area contributed by atoms with Crippen molar-refractivity contribution in [3.8, 4) is 11.5 Å². The second kappa shape index (κ2) is 7.73. The minimum absolute atomic E-state index is 0.0807. The molecule has 1 N–H and O–H groups in total. The van der Waals surface area contributed by atoms with Gasteiger partial charge in [-0.2, -0.15) is 4.98 Å². The van der Waals surface area contributed by atoms with E-state index in [1.807, 2.05) is 29.7 Å². The molecule has 3 aliphatic rings. The van der Waals surface area contributed by atoms with Crippen molar-refractivity contribution >= 4 is 11.0 Å². The molecular weight excluding hydrogens is 371 g/mol. The van der Waals surface area contributed by atoms with Gasteiger partial charge in [-0.25, -0.2) is 14.2 Å². The second-order valence-electron chi connectivity index (χ2n) is 7.47. The molecule has 150 valence electrons. The lowest BCUT2D eigenvalue weighted by Gasteiger charge is -2.18. The van der Waals surface area contributed by atoms with Gasteiger partial charge < -0.3 is 4.57 Å². The van der Waals surface area contributed by atoms with Gasteiger partial charge in [0.05, 0.1) is 11.0 Å². The maximum absolute atomic E-state index is 13.2. The van der Waals surface area contributed by atoms with Crippen LogP contribution in [0.25, 0.3) is 22.6 Å². The molecule has 2 aliphatic heterocycles. The van der Waals surface area contributed by atoms with Gasteiger partial charge in [-0.3, -0.25) is 9.78 Å². The third-order valence-corrected chi connectivity index (χ3v) is 5.51. The van der Waals surface area contributed by atoms with E-state index >= 15 is 0 Å². The van der Waals surface area contributed by atoms with Crippen LogP contribution in [0.2, 0.25) is 0 Å². The number of H-pyrrole nitrogens is 1. The number of fused-ring (bicyclic) bond motifs is 2. The van der Waals surface area contributed by atoms with E-state index in [0.29, 0.717) is 24.3 Å². The van der Waals surface area contributed by atoms with Crippen molar-refractivity contribution in [3.63, 3.8) is 0 Å². The van der Waals surface area contributed by atoms with Gasteiger partial charge in [0.25, 0.3) is 5.56 Å². The first kappa shape index (κ1) is 19.2. The van der Waals surface area contributed by atoms with Gasteiger partial charge in [-0.05, 0) is 61.9 Å². The van der Waals surface area contributed by atoms with E-state index in [2.05, 4.69) is 21.9 Å². The Bertz CT molecular complexity index is 1240. The predicted octanol–water partition coefficient (Wildman–Crippen LogP) is 3.81. The summed E-state index contributed by atoms with van der Waals surface area (Å²) in [5.74, 6) is 0.223. The smallest absolute Gasteiger partial charge is 0.322 e. The normalized spacial score (nSPS) is 14.3. The Morgan fingerprint density at radius 3 is 2.72 bits per heavy atom. The van der Waals surface area contributed by atoms with Crippen molar-refractivity contribution in [3.05, 3.63) is 67.6 Å². The summed E-state index contributed by atoms with van der Waals surface area (Å²) in [5, 5.41) is 0. The molecule has 0 saturated carbocycles. The van der Waals surface area contributed by atoms with Crippen LogP contribution in [0.15, 0.2) is 45.3 Å². The van der Waals surface area contributed by atoms with Gasteiger partial charge in [-0.1, -0.05) is 18.6 Å². The minimum Gasteiger partial charge on any atom is -0.322 e. The number of aryl methyl sites for hydroxylation is 3. The average Bonchev–Trinajstić information content (AvgIpc) is 2.69. The number of hydrogen-bond acceptors (Lipinski definition) is 4. The van der Waals surface area contributed by atoms with Crippen LogP contribution in [-0.4, -0.2) is 19.5 Å². The maximum atomic E-state index is 13.2. The van der Waals surface area contributed by atoms with Gasteiger partial charge in [0.1, 0.15) is 5.83 Å². The standard InChI is InChI=1S/C22H23FN4O2/c1-3-15-12-17-18(11-13(15)2)27(10-4-5-14-6-8-16(23)9-7-14)20-19(24-17)21(28)26-22(29)25-20/h6,8,11-12H,3-5,7,9-10H2,1-2H3,(H,26,28,29). The van der Waals surface area contributed by atoms with E-state index in [1.165, 1.54) is 17.2 Å². The Morgan fingerprint density at radius 1 is 1.17 bits per heavy atom. The van der Waals surface area contributed by atoms with Crippen LogP contribution in [0.3, 0.4) is 0 Å². The fourth-order valence-corrected chi connectivity index (χ4v) is 3.92. The molecule has 0 radical (unpaired) electrons. The molecule has 0 bridgehead atoms. The molecule has 6 nitrogen and oxygen atoms in total. The highest BCUT2D eigenvalue weighted by Gasteiger charge is 2.19. The molecule has 1 aromatic rings. The molecule has 0 amide bonds. The second-order valence-corrected chi connectivity index (χ2v) is 7.47. The molecule has 0 saturated heterocycles. The van der Waals surface area contributed by atoms with Gasteiger partial charge in [0.15, 0.2) is 11.5 Å². The Balaban J connectivity index is 1.79. The van der Waals surface area contributed by atoms with Crippen molar-refractivity contribution < 1.29 is 4.39 Å². The number of allylic oxidation sites excluding steroid dienone is 4. The fraction of sp³-hybridized carbons (Fsp3) is 0.364. The largest absolute Gasteiger partial charge is 0.349 e. The van der Waals surface area contributed by atoms with E-state index in [-0.39, 0.29) is 11.5 Å². The van der Waals surface area contributed by atoms with E-state index in [0.717, 1.165) is 36.8 Å². The summed E-state index contributed by atoms with van der Waals surface area (Å²) in [5.41, 5.74) is 4.06. The Morgan fingerprint density at radius 2 is 2.00 bits per heavy atom. The lowest BCUT2D eigenvalue weighted by molar-refractivity contribution is 0.569. The van der Waals surface area contributed by atoms with Crippen molar-refractivity contribution in [1.82, 2.24) is 19.5 Å². The summed E-state index contributed by atoms with van der Waals surface area (Å²) < 4.78 is 15.1. The third-order valence-electron chi connectivity index (χ3n) is 5.51.